The van der Waals surface area contributed by atoms with Crippen LogP contribution in [0.25, 0.3) is 0 Å². The van der Waals surface area contributed by atoms with Crippen LogP contribution in [0.5, 0.6) is 5.88 Å². The van der Waals surface area contributed by atoms with E-state index in [1.54, 1.807) is 19.2 Å². The first kappa shape index (κ1) is 23.0. The highest BCUT2D eigenvalue weighted by Gasteiger charge is 2.29. The van der Waals surface area contributed by atoms with Gasteiger partial charge in [0.05, 0.1) is 13.2 Å². The highest BCUT2D eigenvalue weighted by atomic mass is 127. The van der Waals surface area contributed by atoms with E-state index in [1.807, 2.05) is 24.3 Å². The van der Waals surface area contributed by atoms with Crippen LogP contribution in [0.1, 0.15) is 11.1 Å². The fourth-order valence-corrected chi connectivity index (χ4v) is 2.10. The van der Waals surface area contributed by atoms with Crippen molar-refractivity contribution in [3.8, 4) is 5.88 Å². The summed E-state index contributed by atoms with van der Waals surface area (Å²) in [6.45, 7) is -1.00. The summed E-state index contributed by atoms with van der Waals surface area (Å²) in [5, 5.41) is 2.95. The van der Waals surface area contributed by atoms with Crippen LogP contribution in [0.2, 0.25) is 0 Å². The molecule has 2 aromatic rings. The van der Waals surface area contributed by atoms with Crippen molar-refractivity contribution in [3.63, 3.8) is 0 Å². The van der Waals surface area contributed by atoms with Gasteiger partial charge in [-0.05, 0) is 12.1 Å². The van der Waals surface area contributed by atoms with Gasteiger partial charge in [0.1, 0.15) is 0 Å². The normalized spacial score (nSPS) is 11.6. The fraction of sp³-hybridized carbons (Fsp3) is 0.294. The third kappa shape index (κ3) is 7.99. The van der Waals surface area contributed by atoms with Crippen LogP contribution in [0.3, 0.4) is 0 Å². The molecule has 6 nitrogen and oxygen atoms in total. The van der Waals surface area contributed by atoms with E-state index in [0.717, 1.165) is 11.3 Å². The first-order valence-electron chi connectivity index (χ1n) is 7.66. The van der Waals surface area contributed by atoms with Gasteiger partial charge in [-0.3, -0.25) is 0 Å². The molecule has 0 aliphatic carbocycles. The topological polar surface area (TPSA) is 81.8 Å². The Morgan fingerprint density at radius 3 is 2.59 bits per heavy atom. The lowest BCUT2D eigenvalue weighted by Crippen LogP contribution is -2.23. The number of para-hydroxylation sites is 1. The molecule has 0 aliphatic heterocycles. The molecule has 3 N–H and O–H groups in total. The maximum absolute atomic E-state index is 12.3. The second-order valence-electron chi connectivity index (χ2n) is 5.29. The smallest absolute Gasteiger partial charge is 0.422 e. The number of nitrogens with one attached hydrogen (secondary N) is 1. The van der Waals surface area contributed by atoms with Crippen molar-refractivity contribution in [1.29, 1.82) is 0 Å². The van der Waals surface area contributed by atoms with Crippen LogP contribution in [0, 0.1) is 0 Å². The number of aromatic nitrogens is 1. The highest BCUT2D eigenvalue weighted by Crippen LogP contribution is 2.21. The zero-order chi connectivity index (χ0) is 19.0. The van der Waals surface area contributed by atoms with Crippen LogP contribution in [0.4, 0.5) is 18.9 Å². The molecule has 0 fully saturated rings. The molecule has 2 rings (SSSR count). The summed E-state index contributed by atoms with van der Waals surface area (Å²) >= 11 is 0. The lowest BCUT2D eigenvalue weighted by atomic mass is 10.2. The minimum Gasteiger partial charge on any atom is -0.468 e. The maximum atomic E-state index is 12.3. The number of pyridine rings is 1. The molecule has 1 aromatic carbocycles. The Hall–Kier alpha value is -2.08. The van der Waals surface area contributed by atoms with E-state index >= 15 is 0 Å². The number of alkyl halides is 3. The number of benzene rings is 1. The van der Waals surface area contributed by atoms with E-state index in [4.69, 9.17) is 15.2 Å². The number of hydrogen-bond acceptors (Lipinski definition) is 4. The van der Waals surface area contributed by atoms with Crippen LogP contribution >= 0.6 is 24.0 Å². The van der Waals surface area contributed by atoms with E-state index in [9.17, 15) is 13.2 Å². The molecule has 1 heterocycles. The quantitative estimate of drug-likeness (QED) is 0.347. The predicted molar refractivity (Wildman–Crippen MR) is 107 cm³/mol. The summed E-state index contributed by atoms with van der Waals surface area (Å²) in [6.07, 6.45) is -3.09. The summed E-state index contributed by atoms with van der Waals surface area (Å²) in [5.41, 5.74) is 7.89. The molecule has 0 atom stereocenters. The number of rotatable bonds is 7. The molecule has 0 saturated heterocycles. The molecule has 0 aliphatic rings. The van der Waals surface area contributed by atoms with Crippen LogP contribution in [-0.2, 0) is 17.9 Å². The molecule has 148 valence electrons. The molecule has 10 heteroatoms. The highest BCUT2D eigenvalue weighted by molar-refractivity contribution is 14.0. The van der Waals surface area contributed by atoms with E-state index in [-0.39, 0.29) is 42.4 Å². The largest absolute Gasteiger partial charge is 0.468 e. The molecule has 27 heavy (non-hydrogen) atoms. The standard InChI is InChI=1S/C17H19F3N4O2.HI/c1-25-10-13-5-2-3-7-14(13)24-16(21)23-9-12-6-4-8-22-15(12)26-11-17(18,19)20;/h2-8H,9-11H2,1H3,(H3,21,23,24);1H. The number of nitrogens with two attached hydrogens (primary N) is 1. The van der Waals surface area contributed by atoms with Gasteiger partial charge in [-0.25, -0.2) is 9.98 Å². The van der Waals surface area contributed by atoms with E-state index in [0.29, 0.717) is 12.2 Å². The van der Waals surface area contributed by atoms with Gasteiger partial charge in [-0.2, -0.15) is 13.2 Å². The number of hydrogen-bond donors (Lipinski definition) is 2. The van der Waals surface area contributed by atoms with Crippen molar-refractivity contribution in [2.45, 2.75) is 19.3 Å². The van der Waals surface area contributed by atoms with Crippen molar-refractivity contribution in [3.05, 3.63) is 53.7 Å². The molecule has 0 unspecified atom stereocenters. The second kappa shape index (κ2) is 10.9. The molecule has 1 aromatic heterocycles. The Labute approximate surface area is 172 Å². The van der Waals surface area contributed by atoms with Crippen molar-refractivity contribution in [1.82, 2.24) is 4.98 Å². The Kier molecular flexibility index (Phi) is 9.29. The lowest BCUT2D eigenvalue weighted by Gasteiger charge is -2.12. The monoisotopic (exact) mass is 496 g/mol. The molecule has 0 bridgehead atoms. The summed E-state index contributed by atoms with van der Waals surface area (Å²) in [4.78, 5) is 7.95. The van der Waals surface area contributed by atoms with Crippen molar-refractivity contribution in [2.75, 3.05) is 19.0 Å². The first-order valence-corrected chi connectivity index (χ1v) is 7.66. The predicted octanol–water partition coefficient (Wildman–Crippen LogP) is 3.71. The number of nitrogens with zero attached hydrogens (tertiary/aromatic N) is 2. The first-order chi connectivity index (χ1) is 12.4. The Morgan fingerprint density at radius 1 is 1.19 bits per heavy atom. The number of guanidine groups is 1. The number of methoxy groups -OCH3 is 1. The van der Waals surface area contributed by atoms with Gasteiger partial charge in [0.25, 0.3) is 0 Å². The van der Waals surface area contributed by atoms with Crippen LogP contribution in [-0.4, -0.2) is 30.8 Å². The van der Waals surface area contributed by atoms with Gasteiger partial charge in [-0.15, -0.1) is 24.0 Å². The number of halogens is 4. The molecular formula is C17H20F3IN4O2. The fourth-order valence-electron chi connectivity index (χ4n) is 2.10. The van der Waals surface area contributed by atoms with Crippen molar-refractivity contribution < 1.29 is 22.6 Å². The van der Waals surface area contributed by atoms with E-state index in [1.165, 1.54) is 6.20 Å². The zero-order valence-corrected chi connectivity index (χ0v) is 16.8. The lowest BCUT2D eigenvalue weighted by molar-refractivity contribution is -0.154. The van der Waals surface area contributed by atoms with Gasteiger partial charge in [-0.1, -0.05) is 24.3 Å². The minimum atomic E-state index is -4.44. The van der Waals surface area contributed by atoms with Crippen LogP contribution in [0.15, 0.2) is 47.6 Å². The zero-order valence-electron chi connectivity index (χ0n) is 14.5. The Balaban J connectivity index is 0.00000364. The van der Waals surface area contributed by atoms with E-state index < -0.39 is 12.8 Å². The second-order valence-corrected chi connectivity index (χ2v) is 5.29. The average Bonchev–Trinajstić information content (AvgIpc) is 2.60. The average molecular weight is 496 g/mol. The third-order valence-electron chi connectivity index (χ3n) is 3.22. The number of anilines is 1. The van der Waals surface area contributed by atoms with E-state index in [2.05, 4.69) is 15.3 Å². The molecular weight excluding hydrogens is 476 g/mol. The Morgan fingerprint density at radius 2 is 1.89 bits per heavy atom. The van der Waals surface area contributed by atoms with Gasteiger partial charge in [0.2, 0.25) is 5.88 Å². The van der Waals surface area contributed by atoms with Gasteiger partial charge in [0, 0.05) is 30.1 Å². The summed E-state index contributed by atoms with van der Waals surface area (Å²) in [5.74, 6) is -0.0136. The SMILES string of the molecule is COCc1ccccc1NC(N)=NCc1cccnc1OCC(F)(F)F.I. The molecule has 0 spiro atoms. The molecule has 0 radical (unpaired) electrons. The number of aliphatic imine (C=N–C) groups is 1. The summed E-state index contributed by atoms with van der Waals surface area (Å²) in [7, 11) is 1.58. The number of ether oxygens (including phenoxy) is 2. The van der Waals surface area contributed by atoms with Gasteiger partial charge in [0.15, 0.2) is 12.6 Å². The summed E-state index contributed by atoms with van der Waals surface area (Å²) in [6, 6.07) is 10.6. The van der Waals surface area contributed by atoms with Gasteiger partial charge < -0.3 is 20.5 Å². The van der Waals surface area contributed by atoms with Crippen LogP contribution < -0.4 is 15.8 Å². The maximum Gasteiger partial charge on any atom is 0.422 e. The molecule has 0 saturated carbocycles. The van der Waals surface area contributed by atoms with Crippen molar-refractivity contribution >= 4 is 35.6 Å². The van der Waals surface area contributed by atoms with Crippen molar-refractivity contribution in [2.24, 2.45) is 10.7 Å². The third-order valence-corrected chi connectivity index (χ3v) is 3.22. The summed E-state index contributed by atoms with van der Waals surface area (Å²) < 4.78 is 46.8. The minimum absolute atomic E-state index is 0. The Bertz CT molecular complexity index is 757. The molecule has 0 amide bonds. The van der Waals surface area contributed by atoms with Gasteiger partial charge >= 0.3 is 6.18 Å².